The minimum atomic E-state index is -3.81. The van der Waals surface area contributed by atoms with Crippen molar-refractivity contribution in [3.8, 4) is 0 Å². The van der Waals surface area contributed by atoms with Crippen LogP contribution >= 0.6 is 10.7 Å². The van der Waals surface area contributed by atoms with Crippen LogP contribution in [0.4, 0.5) is 0 Å². The van der Waals surface area contributed by atoms with Gasteiger partial charge in [-0.25, -0.2) is 18.1 Å². The lowest BCUT2D eigenvalue weighted by atomic mass is 10.4. The Morgan fingerprint density at radius 1 is 1.50 bits per heavy atom. The van der Waals surface area contributed by atoms with Gasteiger partial charge in [0.1, 0.15) is 0 Å². The van der Waals surface area contributed by atoms with E-state index in [9.17, 15) is 8.42 Å². The molecule has 0 aliphatic rings. The molecule has 5 nitrogen and oxygen atoms in total. The van der Waals surface area contributed by atoms with Crippen molar-refractivity contribution in [1.82, 2.24) is 14.8 Å². The van der Waals surface area contributed by atoms with Gasteiger partial charge in [-0.05, 0) is 12.1 Å². The first kappa shape index (κ1) is 9.42. The second kappa shape index (κ2) is 2.93. The van der Waals surface area contributed by atoms with Gasteiger partial charge < -0.3 is 0 Å². The van der Waals surface area contributed by atoms with Gasteiger partial charge in [0.05, 0.1) is 5.39 Å². The molecule has 0 saturated carbocycles. The number of hydrogen-bond acceptors (Lipinski definition) is 4. The highest BCUT2D eigenvalue weighted by Gasteiger charge is 2.19. The number of halogens is 1. The number of pyridine rings is 1. The van der Waals surface area contributed by atoms with E-state index in [0.29, 0.717) is 11.0 Å². The van der Waals surface area contributed by atoms with E-state index in [2.05, 4.69) is 10.1 Å². The monoisotopic (exact) mass is 231 g/mol. The van der Waals surface area contributed by atoms with Crippen molar-refractivity contribution >= 4 is 30.8 Å². The molecule has 0 aliphatic heterocycles. The molecule has 0 spiro atoms. The van der Waals surface area contributed by atoms with Crippen LogP contribution in [0.3, 0.4) is 0 Å². The summed E-state index contributed by atoms with van der Waals surface area (Å²) in [6.45, 7) is 0. The SMILES string of the molecule is Cn1nc(S(=O)(=O)Cl)c2cccnc21. The summed E-state index contributed by atoms with van der Waals surface area (Å²) in [5.74, 6) is 0. The summed E-state index contributed by atoms with van der Waals surface area (Å²) < 4.78 is 23.6. The van der Waals surface area contributed by atoms with Crippen LogP contribution in [0.5, 0.6) is 0 Å². The van der Waals surface area contributed by atoms with Gasteiger partial charge in [-0.15, -0.1) is 0 Å². The lowest BCUT2D eigenvalue weighted by Crippen LogP contribution is -1.95. The zero-order valence-corrected chi connectivity index (χ0v) is 8.75. The van der Waals surface area contributed by atoms with Gasteiger partial charge in [-0.3, -0.25) is 0 Å². The number of rotatable bonds is 1. The summed E-state index contributed by atoms with van der Waals surface area (Å²) in [5.41, 5.74) is 0.492. The van der Waals surface area contributed by atoms with Crippen LogP contribution in [0.1, 0.15) is 0 Å². The van der Waals surface area contributed by atoms with E-state index in [-0.39, 0.29) is 5.03 Å². The van der Waals surface area contributed by atoms with E-state index < -0.39 is 9.05 Å². The molecule has 74 valence electrons. The lowest BCUT2D eigenvalue weighted by Gasteiger charge is -1.89. The van der Waals surface area contributed by atoms with E-state index in [1.165, 1.54) is 4.68 Å². The zero-order valence-electron chi connectivity index (χ0n) is 7.18. The van der Waals surface area contributed by atoms with Crippen molar-refractivity contribution in [2.45, 2.75) is 5.03 Å². The molecule has 0 atom stereocenters. The van der Waals surface area contributed by atoms with Crippen LogP contribution < -0.4 is 0 Å². The van der Waals surface area contributed by atoms with Crippen LogP contribution in [0.2, 0.25) is 0 Å². The Morgan fingerprint density at radius 3 is 2.86 bits per heavy atom. The van der Waals surface area contributed by atoms with Gasteiger partial charge in [-0.1, -0.05) is 0 Å². The molecule has 0 bridgehead atoms. The summed E-state index contributed by atoms with van der Waals surface area (Å²) in [6, 6.07) is 3.25. The Labute approximate surface area is 84.7 Å². The molecule has 0 saturated heterocycles. The quantitative estimate of drug-likeness (QED) is 0.684. The van der Waals surface area contributed by atoms with Crippen molar-refractivity contribution in [3.05, 3.63) is 18.3 Å². The molecule has 2 heterocycles. The Hall–Kier alpha value is -1.14. The molecular weight excluding hydrogens is 226 g/mol. The van der Waals surface area contributed by atoms with E-state index in [0.717, 1.165) is 0 Å². The van der Waals surface area contributed by atoms with Crippen molar-refractivity contribution in [2.75, 3.05) is 0 Å². The molecule has 2 aromatic heterocycles. The fourth-order valence-electron chi connectivity index (χ4n) is 1.24. The van der Waals surface area contributed by atoms with Crippen LogP contribution in [-0.4, -0.2) is 23.2 Å². The van der Waals surface area contributed by atoms with Gasteiger partial charge in [0.15, 0.2) is 5.65 Å². The van der Waals surface area contributed by atoms with E-state index in [1.54, 1.807) is 25.4 Å². The molecule has 0 aliphatic carbocycles. The Balaban J connectivity index is 2.93. The molecule has 0 radical (unpaired) electrons. The van der Waals surface area contributed by atoms with Crippen molar-refractivity contribution < 1.29 is 8.42 Å². The summed E-state index contributed by atoms with van der Waals surface area (Å²) in [7, 11) is 3.02. The average molecular weight is 232 g/mol. The largest absolute Gasteiger partial charge is 0.281 e. The molecule has 0 aromatic carbocycles. The maximum absolute atomic E-state index is 11.1. The van der Waals surface area contributed by atoms with E-state index in [1.807, 2.05) is 0 Å². The minimum Gasteiger partial charge on any atom is -0.249 e. The molecule has 14 heavy (non-hydrogen) atoms. The number of aryl methyl sites for hydroxylation is 1. The van der Waals surface area contributed by atoms with Gasteiger partial charge in [0, 0.05) is 23.9 Å². The summed E-state index contributed by atoms with van der Waals surface area (Å²) in [6.07, 6.45) is 1.56. The summed E-state index contributed by atoms with van der Waals surface area (Å²) in [4.78, 5) is 3.99. The average Bonchev–Trinajstić information content (AvgIpc) is 2.44. The van der Waals surface area contributed by atoms with Gasteiger partial charge in [0.25, 0.3) is 9.05 Å². The Morgan fingerprint density at radius 2 is 2.21 bits per heavy atom. The highest BCUT2D eigenvalue weighted by atomic mass is 35.7. The first-order valence-electron chi connectivity index (χ1n) is 3.72. The molecule has 0 N–H and O–H groups in total. The van der Waals surface area contributed by atoms with Crippen LogP contribution in [0.25, 0.3) is 11.0 Å². The van der Waals surface area contributed by atoms with E-state index in [4.69, 9.17) is 10.7 Å². The molecule has 2 aromatic rings. The fraction of sp³-hybridized carbons (Fsp3) is 0.143. The third-order valence-electron chi connectivity index (χ3n) is 1.80. The Kier molecular flexibility index (Phi) is 1.97. The van der Waals surface area contributed by atoms with Gasteiger partial charge in [0.2, 0.25) is 5.03 Å². The van der Waals surface area contributed by atoms with Crippen molar-refractivity contribution in [3.63, 3.8) is 0 Å². The van der Waals surface area contributed by atoms with Crippen LogP contribution in [0.15, 0.2) is 23.4 Å². The smallest absolute Gasteiger partial charge is 0.249 e. The van der Waals surface area contributed by atoms with Crippen LogP contribution in [-0.2, 0) is 16.1 Å². The maximum atomic E-state index is 11.1. The third-order valence-corrected chi connectivity index (χ3v) is 3.00. The predicted molar refractivity (Wildman–Crippen MR) is 51.5 cm³/mol. The normalized spacial score (nSPS) is 12.1. The van der Waals surface area contributed by atoms with Crippen molar-refractivity contribution in [1.29, 1.82) is 0 Å². The van der Waals surface area contributed by atoms with Crippen LogP contribution in [0, 0.1) is 0 Å². The highest BCUT2D eigenvalue weighted by Crippen LogP contribution is 2.22. The maximum Gasteiger partial charge on any atom is 0.281 e. The van der Waals surface area contributed by atoms with Gasteiger partial charge in [-0.2, -0.15) is 5.10 Å². The predicted octanol–water partition coefficient (Wildman–Crippen LogP) is 0.896. The Bertz CT molecular complexity index is 590. The second-order valence-corrected chi connectivity index (χ2v) is 5.22. The number of nitrogens with zero attached hydrogens (tertiary/aromatic N) is 3. The second-order valence-electron chi connectivity index (χ2n) is 2.74. The van der Waals surface area contributed by atoms with Gasteiger partial charge >= 0.3 is 0 Å². The zero-order chi connectivity index (χ0) is 10.3. The molecule has 0 fully saturated rings. The number of hydrogen-bond donors (Lipinski definition) is 0. The highest BCUT2D eigenvalue weighted by molar-refractivity contribution is 8.13. The van der Waals surface area contributed by atoms with Crippen molar-refractivity contribution in [2.24, 2.45) is 7.05 Å². The summed E-state index contributed by atoms with van der Waals surface area (Å²) >= 11 is 0. The molecule has 0 unspecified atom stereocenters. The minimum absolute atomic E-state index is 0.148. The molecule has 2 rings (SSSR count). The first-order valence-corrected chi connectivity index (χ1v) is 6.03. The number of fused-ring (bicyclic) bond motifs is 1. The topological polar surface area (TPSA) is 64.8 Å². The third kappa shape index (κ3) is 1.36. The lowest BCUT2D eigenvalue weighted by molar-refractivity contribution is 0.603. The molecule has 0 amide bonds. The molecule has 7 heteroatoms. The number of aromatic nitrogens is 3. The van der Waals surface area contributed by atoms with E-state index >= 15 is 0 Å². The standard InChI is InChI=1S/C7H6ClN3O2S/c1-11-6-5(3-2-4-9-6)7(10-11)14(8,12)13/h2-4H,1H3. The fourth-order valence-corrected chi connectivity index (χ4v) is 2.22. The molecular formula is C7H6ClN3O2S. The summed E-state index contributed by atoms with van der Waals surface area (Å²) in [5, 5.41) is 4.08. The first-order chi connectivity index (χ1) is 6.50.